The standard InChI is InChI=1S/C24H24N2O2/c1-2-23(27)26-15-12-20-17-21(8-9-22(20)26)24(28)25-13-10-19(11-14-25)16-18-6-4-3-5-7-18/h2-9,12,15,17,19H,1,10-11,13-14,16H2. The van der Waals surface area contributed by atoms with Crippen LogP contribution in [0.25, 0.3) is 10.9 Å². The van der Waals surface area contributed by atoms with Crippen LogP contribution in [-0.4, -0.2) is 34.4 Å². The number of amides is 1. The van der Waals surface area contributed by atoms with E-state index in [2.05, 4.69) is 30.8 Å². The molecule has 0 bridgehead atoms. The van der Waals surface area contributed by atoms with E-state index in [9.17, 15) is 9.59 Å². The fourth-order valence-electron chi connectivity index (χ4n) is 4.04. The maximum absolute atomic E-state index is 12.9. The van der Waals surface area contributed by atoms with Gasteiger partial charge in [0.2, 0.25) is 0 Å². The highest BCUT2D eigenvalue weighted by atomic mass is 16.2. The summed E-state index contributed by atoms with van der Waals surface area (Å²) in [6, 6.07) is 18.0. The summed E-state index contributed by atoms with van der Waals surface area (Å²) in [7, 11) is 0. The second-order valence-corrected chi connectivity index (χ2v) is 7.43. The molecule has 4 rings (SSSR count). The number of allylic oxidation sites excluding steroid dienone is 1. The molecule has 2 aromatic carbocycles. The van der Waals surface area contributed by atoms with Gasteiger partial charge in [-0.15, -0.1) is 0 Å². The number of hydrogen-bond acceptors (Lipinski definition) is 2. The van der Waals surface area contributed by atoms with Gasteiger partial charge in [-0.3, -0.25) is 14.2 Å². The van der Waals surface area contributed by atoms with E-state index in [0.29, 0.717) is 11.5 Å². The molecule has 1 saturated heterocycles. The van der Waals surface area contributed by atoms with E-state index in [1.807, 2.05) is 35.2 Å². The van der Waals surface area contributed by atoms with Crippen molar-refractivity contribution in [1.82, 2.24) is 9.47 Å². The van der Waals surface area contributed by atoms with Crippen LogP contribution in [0.5, 0.6) is 0 Å². The number of benzene rings is 2. The first-order chi connectivity index (χ1) is 13.7. The average Bonchev–Trinajstić information content (AvgIpc) is 3.17. The van der Waals surface area contributed by atoms with Crippen molar-refractivity contribution < 1.29 is 9.59 Å². The highest BCUT2D eigenvalue weighted by Crippen LogP contribution is 2.24. The summed E-state index contributed by atoms with van der Waals surface area (Å²) in [5, 5.41) is 0.889. The fourth-order valence-corrected chi connectivity index (χ4v) is 4.04. The third-order valence-electron chi connectivity index (χ3n) is 5.62. The van der Waals surface area contributed by atoms with Gasteiger partial charge in [-0.2, -0.15) is 0 Å². The van der Waals surface area contributed by atoms with E-state index >= 15 is 0 Å². The first kappa shape index (κ1) is 18.2. The highest BCUT2D eigenvalue weighted by Gasteiger charge is 2.24. The van der Waals surface area contributed by atoms with E-state index in [1.54, 1.807) is 10.8 Å². The minimum Gasteiger partial charge on any atom is -0.339 e. The molecule has 0 N–H and O–H groups in total. The van der Waals surface area contributed by atoms with Gasteiger partial charge in [-0.05, 0) is 61.1 Å². The van der Waals surface area contributed by atoms with Gasteiger partial charge >= 0.3 is 0 Å². The normalized spacial score (nSPS) is 14.9. The van der Waals surface area contributed by atoms with Crippen molar-refractivity contribution in [2.45, 2.75) is 19.3 Å². The van der Waals surface area contributed by atoms with Crippen LogP contribution in [0, 0.1) is 5.92 Å². The van der Waals surface area contributed by atoms with Crippen LogP contribution >= 0.6 is 0 Å². The van der Waals surface area contributed by atoms with Gasteiger partial charge in [-0.25, -0.2) is 0 Å². The zero-order valence-electron chi connectivity index (χ0n) is 15.9. The number of fused-ring (bicyclic) bond motifs is 1. The second kappa shape index (κ2) is 7.85. The number of nitrogens with zero attached hydrogens (tertiary/aromatic N) is 2. The van der Waals surface area contributed by atoms with Crippen molar-refractivity contribution in [3.8, 4) is 0 Å². The van der Waals surface area contributed by atoms with Crippen LogP contribution in [0.3, 0.4) is 0 Å². The van der Waals surface area contributed by atoms with Crippen LogP contribution in [0.1, 0.15) is 33.6 Å². The quantitative estimate of drug-likeness (QED) is 0.630. The summed E-state index contributed by atoms with van der Waals surface area (Å²) >= 11 is 0. The first-order valence-corrected chi connectivity index (χ1v) is 9.77. The Hall–Kier alpha value is -3.14. The Labute approximate surface area is 165 Å². The van der Waals surface area contributed by atoms with Gasteiger partial charge in [0, 0.05) is 30.2 Å². The maximum atomic E-state index is 12.9. The minimum atomic E-state index is -0.172. The lowest BCUT2D eigenvalue weighted by atomic mass is 9.90. The first-order valence-electron chi connectivity index (χ1n) is 9.77. The summed E-state index contributed by atoms with van der Waals surface area (Å²) in [6.45, 7) is 5.12. The lowest BCUT2D eigenvalue weighted by Gasteiger charge is -2.32. The molecular formula is C24H24N2O2. The van der Waals surface area contributed by atoms with Crippen LogP contribution < -0.4 is 0 Å². The number of carbonyl (C=O) groups excluding carboxylic acids is 2. The molecule has 28 heavy (non-hydrogen) atoms. The molecule has 1 aromatic heterocycles. The van der Waals surface area contributed by atoms with E-state index in [1.165, 1.54) is 11.6 Å². The van der Waals surface area contributed by atoms with Gasteiger partial charge < -0.3 is 4.90 Å². The summed E-state index contributed by atoms with van der Waals surface area (Å²) in [6.07, 6.45) is 6.16. The average molecular weight is 372 g/mol. The Morgan fingerprint density at radius 1 is 1.04 bits per heavy atom. The molecule has 1 aliphatic rings. The van der Waals surface area contributed by atoms with Gasteiger partial charge in [0.05, 0.1) is 5.52 Å². The van der Waals surface area contributed by atoms with Crippen molar-refractivity contribution in [3.63, 3.8) is 0 Å². The van der Waals surface area contributed by atoms with Crippen LogP contribution in [0.2, 0.25) is 0 Å². The predicted molar refractivity (Wildman–Crippen MR) is 112 cm³/mol. The Kier molecular flexibility index (Phi) is 5.11. The van der Waals surface area contributed by atoms with Crippen molar-refractivity contribution >= 4 is 22.7 Å². The largest absolute Gasteiger partial charge is 0.339 e. The third kappa shape index (κ3) is 3.63. The van der Waals surface area contributed by atoms with Gasteiger partial charge in [0.25, 0.3) is 11.8 Å². The number of carbonyl (C=O) groups is 2. The molecule has 1 aliphatic heterocycles. The molecule has 2 heterocycles. The lowest BCUT2D eigenvalue weighted by molar-refractivity contribution is 0.0690. The van der Waals surface area contributed by atoms with Crippen LogP contribution in [-0.2, 0) is 6.42 Å². The molecule has 1 fully saturated rings. The number of likely N-dealkylation sites (tertiary alicyclic amines) is 1. The summed E-state index contributed by atoms with van der Waals surface area (Å²) in [4.78, 5) is 26.8. The summed E-state index contributed by atoms with van der Waals surface area (Å²) < 4.78 is 1.55. The zero-order valence-corrected chi connectivity index (χ0v) is 15.9. The molecule has 0 atom stereocenters. The van der Waals surface area contributed by atoms with Crippen LogP contribution in [0.15, 0.2) is 73.4 Å². The Morgan fingerprint density at radius 3 is 2.50 bits per heavy atom. The van der Waals surface area contributed by atoms with Crippen molar-refractivity contribution in [2.75, 3.05) is 13.1 Å². The van der Waals surface area contributed by atoms with E-state index in [0.717, 1.165) is 43.3 Å². The molecule has 4 heteroatoms. The SMILES string of the molecule is C=CC(=O)n1ccc2cc(C(=O)N3CCC(Cc4ccccc4)CC3)ccc21. The maximum Gasteiger partial charge on any atom is 0.254 e. The smallest absolute Gasteiger partial charge is 0.254 e. The topological polar surface area (TPSA) is 42.3 Å². The predicted octanol–water partition coefficient (Wildman–Crippen LogP) is 4.56. The minimum absolute atomic E-state index is 0.0721. The molecule has 0 unspecified atom stereocenters. The molecular weight excluding hydrogens is 348 g/mol. The third-order valence-corrected chi connectivity index (χ3v) is 5.62. The van der Waals surface area contributed by atoms with Crippen LogP contribution in [0.4, 0.5) is 0 Å². The van der Waals surface area contributed by atoms with Gasteiger partial charge in [-0.1, -0.05) is 36.9 Å². The summed E-state index contributed by atoms with van der Waals surface area (Å²) in [5.74, 6) is 0.533. The summed E-state index contributed by atoms with van der Waals surface area (Å²) in [5.41, 5.74) is 2.84. The van der Waals surface area contributed by atoms with E-state index in [4.69, 9.17) is 0 Å². The molecule has 0 spiro atoms. The molecule has 0 radical (unpaired) electrons. The van der Waals surface area contributed by atoms with Crippen molar-refractivity contribution in [1.29, 1.82) is 0 Å². The molecule has 3 aromatic rings. The monoisotopic (exact) mass is 372 g/mol. The Morgan fingerprint density at radius 2 is 1.79 bits per heavy atom. The van der Waals surface area contributed by atoms with Gasteiger partial charge in [0.15, 0.2) is 0 Å². The van der Waals surface area contributed by atoms with E-state index in [-0.39, 0.29) is 11.8 Å². The number of piperidine rings is 1. The number of rotatable bonds is 4. The Balaban J connectivity index is 1.42. The highest BCUT2D eigenvalue weighted by molar-refractivity contribution is 6.02. The molecule has 1 amide bonds. The lowest BCUT2D eigenvalue weighted by Crippen LogP contribution is -2.38. The van der Waals surface area contributed by atoms with E-state index < -0.39 is 0 Å². The number of aromatic nitrogens is 1. The fraction of sp³-hybridized carbons (Fsp3) is 0.250. The van der Waals surface area contributed by atoms with Crippen molar-refractivity contribution in [3.05, 3.63) is 84.6 Å². The second-order valence-electron chi connectivity index (χ2n) is 7.43. The molecule has 0 aliphatic carbocycles. The Bertz CT molecular complexity index is 1010. The number of hydrogen-bond donors (Lipinski definition) is 0. The van der Waals surface area contributed by atoms with Crippen molar-refractivity contribution in [2.24, 2.45) is 5.92 Å². The van der Waals surface area contributed by atoms with Gasteiger partial charge in [0.1, 0.15) is 0 Å². The molecule has 0 saturated carbocycles. The molecule has 4 nitrogen and oxygen atoms in total. The zero-order chi connectivity index (χ0) is 19.5. The molecule has 142 valence electrons.